The Labute approximate surface area is 275 Å². The van der Waals surface area contributed by atoms with E-state index in [1.807, 2.05) is 12.4 Å². The quantitative estimate of drug-likeness (QED) is 0.160. The van der Waals surface area contributed by atoms with Gasteiger partial charge in [-0.05, 0) is 158 Å². The molecule has 2 aliphatic heterocycles. The van der Waals surface area contributed by atoms with Gasteiger partial charge in [-0.1, -0.05) is 25.0 Å². The molecule has 2 aromatic rings. The maximum atomic E-state index is 4.66. The topological polar surface area (TPSA) is 47.5 Å². The standard InChI is InChI=1S/C39H62N6/c1-4-5-20-43(3)38-32(2)26-37(45-24-13-8-14-25-45)28-36(38)27-33-16-18-34(19-17-33)29-40-39-41-30-35(31-42-39)15-9-6-10-21-44-22-11-7-12-23-44/h4-5,26,28,30-31,33-34H,6-25,27,29H2,1-3H3,(H,40,41,42)/b5-4+. The fourth-order valence-electron chi connectivity index (χ4n) is 8.01. The Kier molecular flexibility index (Phi) is 13.4. The van der Waals surface area contributed by atoms with Crippen molar-refractivity contribution in [3.63, 3.8) is 0 Å². The second kappa shape index (κ2) is 17.9. The van der Waals surface area contributed by atoms with Crippen molar-refractivity contribution in [2.45, 2.75) is 110 Å². The number of allylic oxidation sites excluding steroid dienone is 1. The van der Waals surface area contributed by atoms with Gasteiger partial charge in [0, 0.05) is 57.0 Å². The van der Waals surface area contributed by atoms with Gasteiger partial charge in [-0.25, -0.2) is 9.97 Å². The number of rotatable bonds is 15. The fraction of sp³-hybridized carbons (Fsp3) is 0.692. The first-order chi connectivity index (χ1) is 22.1. The largest absolute Gasteiger partial charge is 0.372 e. The second-order valence-electron chi connectivity index (χ2n) is 14.4. The minimum Gasteiger partial charge on any atom is -0.372 e. The highest BCUT2D eigenvalue weighted by molar-refractivity contribution is 5.67. The molecule has 0 radical (unpaired) electrons. The molecular formula is C39H62N6. The van der Waals surface area contributed by atoms with E-state index < -0.39 is 0 Å². The molecule has 3 fully saturated rings. The Hall–Kier alpha value is -2.60. The number of nitrogens with one attached hydrogen (secondary N) is 1. The SMILES string of the molecule is C/C=C/CN(C)c1c(C)cc(N2CCCCC2)cc1CC1CCC(CNc2ncc(CCCCCN3CCCCC3)cn2)CC1. The van der Waals surface area contributed by atoms with Gasteiger partial charge in [0.25, 0.3) is 0 Å². The summed E-state index contributed by atoms with van der Waals surface area (Å²) >= 11 is 0. The Bertz CT molecular complexity index is 1160. The van der Waals surface area contributed by atoms with Gasteiger partial charge in [0.05, 0.1) is 0 Å². The van der Waals surface area contributed by atoms with Crippen molar-refractivity contribution in [3.8, 4) is 0 Å². The van der Waals surface area contributed by atoms with Gasteiger partial charge in [0.1, 0.15) is 0 Å². The van der Waals surface area contributed by atoms with Gasteiger partial charge < -0.3 is 20.0 Å². The summed E-state index contributed by atoms with van der Waals surface area (Å²) in [5, 5.41) is 3.57. The molecule has 1 N–H and O–H groups in total. The summed E-state index contributed by atoms with van der Waals surface area (Å²) in [5.74, 6) is 2.27. The third-order valence-corrected chi connectivity index (χ3v) is 10.7. The number of nitrogens with zero attached hydrogens (tertiary/aromatic N) is 5. The third kappa shape index (κ3) is 10.5. The number of piperidine rings is 2. The highest BCUT2D eigenvalue weighted by atomic mass is 15.1. The van der Waals surface area contributed by atoms with Crippen molar-refractivity contribution < 1.29 is 0 Å². The van der Waals surface area contributed by atoms with E-state index in [0.717, 1.165) is 31.4 Å². The zero-order valence-corrected chi connectivity index (χ0v) is 28.9. The van der Waals surface area contributed by atoms with Crippen molar-refractivity contribution in [1.82, 2.24) is 14.9 Å². The number of unbranched alkanes of at least 4 members (excludes halogenated alkanes) is 2. The fourth-order valence-corrected chi connectivity index (χ4v) is 8.01. The van der Waals surface area contributed by atoms with E-state index >= 15 is 0 Å². The van der Waals surface area contributed by atoms with Crippen molar-refractivity contribution in [1.29, 1.82) is 0 Å². The molecule has 3 aliphatic rings. The predicted octanol–water partition coefficient (Wildman–Crippen LogP) is 8.45. The maximum Gasteiger partial charge on any atom is 0.222 e. The molecule has 6 heteroatoms. The second-order valence-corrected chi connectivity index (χ2v) is 14.4. The van der Waals surface area contributed by atoms with Crippen LogP contribution in [0.25, 0.3) is 0 Å². The zero-order valence-electron chi connectivity index (χ0n) is 28.9. The Morgan fingerprint density at radius 2 is 1.56 bits per heavy atom. The first kappa shape index (κ1) is 33.8. The average Bonchev–Trinajstić information content (AvgIpc) is 3.08. The number of anilines is 3. The van der Waals surface area contributed by atoms with Crippen LogP contribution < -0.4 is 15.1 Å². The number of aromatic nitrogens is 2. The summed E-state index contributed by atoms with van der Waals surface area (Å²) in [5.41, 5.74) is 7.16. The van der Waals surface area contributed by atoms with E-state index in [1.165, 1.54) is 145 Å². The first-order valence-electron chi connectivity index (χ1n) is 18.6. The number of aryl methyl sites for hydroxylation is 2. The van der Waals surface area contributed by atoms with Crippen LogP contribution in [0, 0.1) is 18.8 Å². The zero-order chi connectivity index (χ0) is 31.3. The van der Waals surface area contributed by atoms with E-state index in [4.69, 9.17) is 0 Å². The predicted molar refractivity (Wildman–Crippen MR) is 193 cm³/mol. The normalized spacial score (nSPS) is 21.4. The van der Waals surface area contributed by atoms with E-state index in [1.54, 1.807) is 5.56 Å². The van der Waals surface area contributed by atoms with E-state index in [9.17, 15) is 0 Å². The number of benzene rings is 1. The maximum absolute atomic E-state index is 4.66. The van der Waals surface area contributed by atoms with Gasteiger partial charge in [-0.15, -0.1) is 0 Å². The van der Waals surface area contributed by atoms with Crippen molar-refractivity contribution in [2.75, 3.05) is 68.0 Å². The van der Waals surface area contributed by atoms with E-state index in [2.05, 4.69) is 75.2 Å². The molecular weight excluding hydrogens is 552 g/mol. The van der Waals surface area contributed by atoms with Crippen LogP contribution in [0.2, 0.25) is 0 Å². The summed E-state index contributed by atoms with van der Waals surface area (Å²) in [7, 11) is 2.26. The molecule has 1 saturated carbocycles. The van der Waals surface area contributed by atoms with E-state index in [0.29, 0.717) is 5.92 Å². The Morgan fingerprint density at radius 3 is 2.27 bits per heavy atom. The molecule has 248 valence electrons. The number of likely N-dealkylation sites (N-methyl/N-ethyl adjacent to an activating group) is 1. The van der Waals surface area contributed by atoms with Gasteiger partial charge in [-0.2, -0.15) is 0 Å². The molecule has 1 aromatic carbocycles. The summed E-state index contributed by atoms with van der Waals surface area (Å²) in [6, 6.07) is 4.99. The number of hydrogen-bond acceptors (Lipinski definition) is 6. The van der Waals surface area contributed by atoms with Crippen LogP contribution >= 0.6 is 0 Å². The molecule has 2 saturated heterocycles. The lowest BCUT2D eigenvalue weighted by Crippen LogP contribution is -2.30. The monoisotopic (exact) mass is 615 g/mol. The van der Waals surface area contributed by atoms with Crippen molar-refractivity contribution in [3.05, 3.63) is 53.4 Å². The first-order valence-corrected chi connectivity index (χ1v) is 18.6. The molecule has 0 atom stereocenters. The molecule has 0 amide bonds. The lowest BCUT2D eigenvalue weighted by Gasteiger charge is -2.33. The van der Waals surface area contributed by atoms with Gasteiger partial charge >= 0.3 is 0 Å². The third-order valence-electron chi connectivity index (χ3n) is 10.7. The van der Waals surface area contributed by atoms with E-state index in [-0.39, 0.29) is 0 Å². The summed E-state index contributed by atoms with van der Waals surface area (Å²) in [6.45, 7) is 12.7. The van der Waals surface area contributed by atoms with Crippen molar-refractivity contribution >= 4 is 17.3 Å². The Balaban J connectivity index is 1.06. The van der Waals surface area contributed by atoms with Gasteiger partial charge in [0.2, 0.25) is 5.95 Å². The molecule has 3 heterocycles. The van der Waals surface area contributed by atoms with Crippen molar-refractivity contribution in [2.24, 2.45) is 11.8 Å². The van der Waals surface area contributed by atoms with Crippen LogP contribution in [0.4, 0.5) is 17.3 Å². The van der Waals surface area contributed by atoms with Crippen LogP contribution in [0.5, 0.6) is 0 Å². The minimum absolute atomic E-state index is 0.711. The van der Waals surface area contributed by atoms with Crippen LogP contribution in [0.15, 0.2) is 36.7 Å². The number of likely N-dealkylation sites (tertiary alicyclic amines) is 1. The molecule has 0 unspecified atom stereocenters. The molecule has 1 aromatic heterocycles. The summed E-state index contributed by atoms with van der Waals surface area (Å²) in [4.78, 5) is 17.1. The molecule has 0 spiro atoms. The molecule has 6 nitrogen and oxygen atoms in total. The molecule has 0 bridgehead atoms. The van der Waals surface area contributed by atoms with Crippen LogP contribution in [0.3, 0.4) is 0 Å². The van der Waals surface area contributed by atoms with Crippen LogP contribution in [-0.4, -0.2) is 67.7 Å². The molecule has 1 aliphatic carbocycles. The lowest BCUT2D eigenvalue weighted by atomic mass is 9.78. The highest BCUT2D eigenvalue weighted by Crippen LogP contribution is 2.37. The minimum atomic E-state index is 0.711. The highest BCUT2D eigenvalue weighted by Gasteiger charge is 2.24. The van der Waals surface area contributed by atoms with Crippen LogP contribution in [-0.2, 0) is 12.8 Å². The number of hydrogen-bond donors (Lipinski definition) is 1. The van der Waals surface area contributed by atoms with Gasteiger partial charge in [0.15, 0.2) is 0 Å². The smallest absolute Gasteiger partial charge is 0.222 e. The summed E-state index contributed by atoms with van der Waals surface area (Å²) < 4.78 is 0. The molecule has 5 rings (SSSR count). The average molecular weight is 615 g/mol. The molecule has 45 heavy (non-hydrogen) atoms. The van der Waals surface area contributed by atoms with Crippen LogP contribution in [0.1, 0.15) is 107 Å². The lowest BCUT2D eigenvalue weighted by molar-refractivity contribution is 0.224. The summed E-state index contributed by atoms with van der Waals surface area (Å²) in [6.07, 6.45) is 28.1. The Morgan fingerprint density at radius 1 is 0.867 bits per heavy atom. The van der Waals surface area contributed by atoms with Gasteiger partial charge in [-0.3, -0.25) is 0 Å².